The number of rotatable bonds is 9. The van der Waals surface area contributed by atoms with E-state index in [0.717, 1.165) is 30.8 Å². The number of nitrogens with two attached hydrogens (primary N) is 1. The van der Waals surface area contributed by atoms with Crippen molar-refractivity contribution in [1.82, 2.24) is 10.2 Å². The third kappa shape index (κ3) is 9.36. The van der Waals surface area contributed by atoms with Gasteiger partial charge in [-0.1, -0.05) is 39.8 Å². The molecular formula is C18H33Cl2N3O. The van der Waals surface area contributed by atoms with Crippen LogP contribution in [-0.2, 0) is 11.2 Å². The van der Waals surface area contributed by atoms with Crippen molar-refractivity contribution in [1.29, 1.82) is 0 Å². The summed E-state index contributed by atoms with van der Waals surface area (Å²) in [6, 6.07) is 7.89. The van der Waals surface area contributed by atoms with Gasteiger partial charge in [0.15, 0.2) is 0 Å². The molecule has 0 heterocycles. The molecule has 1 atom stereocenters. The van der Waals surface area contributed by atoms with E-state index in [-0.39, 0.29) is 30.7 Å². The second-order valence-corrected chi connectivity index (χ2v) is 6.23. The Hall–Kier alpha value is -0.970. The molecule has 0 aromatic heterocycles. The molecule has 1 aromatic rings. The quantitative estimate of drug-likeness (QED) is 0.647. The summed E-state index contributed by atoms with van der Waals surface area (Å²) in [5.74, 6) is 0.699. The number of amides is 1. The topological polar surface area (TPSA) is 58.4 Å². The van der Waals surface area contributed by atoms with E-state index in [9.17, 15) is 4.79 Å². The van der Waals surface area contributed by atoms with Gasteiger partial charge in [-0.15, -0.1) is 24.8 Å². The molecule has 1 aromatic carbocycles. The van der Waals surface area contributed by atoms with Crippen molar-refractivity contribution < 1.29 is 4.79 Å². The smallest absolute Gasteiger partial charge is 0.224 e. The van der Waals surface area contributed by atoms with Crippen molar-refractivity contribution in [2.75, 3.05) is 25.4 Å². The fourth-order valence-electron chi connectivity index (χ4n) is 2.76. The van der Waals surface area contributed by atoms with Gasteiger partial charge in [-0.25, -0.2) is 0 Å². The average molecular weight is 378 g/mol. The highest BCUT2D eigenvalue weighted by Crippen LogP contribution is 2.11. The van der Waals surface area contributed by atoms with E-state index in [0.29, 0.717) is 24.9 Å². The van der Waals surface area contributed by atoms with Crippen molar-refractivity contribution in [3.05, 3.63) is 29.8 Å². The number of hydrogen-bond acceptors (Lipinski definition) is 3. The molecule has 0 radical (unpaired) electrons. The van der Waals surface area contributed by atoms with E-state index in [1.54, 1.807) is 0 Å². The second kappa shape index (κ2) is 13.3. The largest absolute Gasteiger partial charge is 0.399 e. The van der Waals surface area contributed by atoms with Crippen molar-refractivity contribution in [2.24, 2.45) is 5.92 Å². The number of nitrogens with zero attached hydrogens (tertiary/aromatic N) is 1. The van der Waals surface area contributed by atoms with Crippen LogP contribution in [0, 0.1) is 5.92 Å². The molecule has 0 saturated carbocycles. The molecular weight excluding hydrogens is 345 g/mol. The van der Waals surface area contributed by atoms with Gasteiger partial charge in [0.25, 0.3) is 0 Å². The van der Waals surface area contributed by atoms with Crippen molar-refractivity contribution in [3.63, 3.8) is 0 Å². The predicted molar refractivity (Wildman–Crippen MR) is 108 cm³/mol. The third-order valence-corrected chi connectivity index (χ3v) is 3.95. The van der Waals surface area contributed by atoms with Gasteiger partial charge in [-0.3, -0.25) is 9.69 Å². The first kappa shape index (κ1) is 25.3. The van der Waals surface area contributed by atoms with Crippen LogP contribution in [0.1, 0.15) is 39.7 Å². The Morgan fingerprint density at radius 3 is 2.12 bits per heavy atom. The molecule has 1 amide bonds. The lowest BCUT2D eigenvalue weighted by atomic mass is 10.0. The maximum absolute atomic E-state index is 12.1. The highest BCUT2D eigenvalue weighted by atomic mass is 35.5. The minimum Gasteiger partial charge on any atom is -0.399 e. The van der Waals surface area contributed by atoms with E-state index in [4.69, 9.17) is 5.73 Å². The summed E-state index contributed by atoms with van der Waals surface area (Å²) in [6.45, 7) is 11.6. The molecule has 1 rings (SSSR count). The van der Waals surface area contributed by atoms with E-state index >= 15 is 0 Å². The maximum atomic E-state index is 12.1. The zero-order chi connectivity index (χ0) is 16.5. The molecule has 6 heteroatoms. The Kier molecular flexibility index (Phi) is 14.0. The zero-order valence-corrected chi connectivity index (χ0v) is 16.9. The molecule has 0 spiro atoms. The van der Waals surface area contributed by atoms with Gasteiger partial charge in [0.2, 0.25) is 5.91 Å². The Bertz CT molecular complexity index is 448. The molecule has 0 aliphatic rings. The molecule has 24 heavy (non-hydrogen) atoms. The highest BCUT2D eigenvalue weighted by molar-refractivity contribution is 5.85. The minimum atomic E-state index is 0. The number of halogens is 2. The lowest BCUT2D eigenvalue weighted by Gasteiger charge is -2.31. The molecule has 0 saturated heterocycles. The second-order valence-electron chi connectivity index (χ2n) is 6.23. The standard InChI is InChI=1S/C18H31N3O.2ClH/c1-5-21(6-2)17(11-14(3)4)13-20-18(22)12-15-7-9-16(19)10-8-15;;/h7-10,14,17H,5-6,11-13,19H2,1-4H3,(H,20,22);2*1H. The van der Waals surface area contributed by atoms with Crippen LogP contribution in [0.2, 0.25) is 0 Å². The number of hydrogen-bond donors (Lipinski definition) is 2. The van der Waals surface area contributed by atoms with Gasteiger partial charge in [-0.05, 0) is 43.1 Å². The number of carbonyl (C=O) groups excluding carboxylic acids is 1. The van der Waals surface area contributed by atoms with Gasteiger partial charge >= 0.3 is 0 Å². The van der Waals surface area contributed by atoms with Crippen LogP contribution in [-0.4, -0.2) is 36.5 Å². The number of anilines is 1. The van der Waals surface area contributed by atoms with Gasteiger partial charge in [0, 0.05) is 18.3 Å². The van der Waals surface area contributed by atoms with Crippen molar-refractivity contribution in [3.8, 4) is 0 Å². The summed E-state index contributed by atoms with van der Waals surface area (Å²) in [7, 11) is 0. The number of carbonyl (C=O) groups is 1. The van der Waals surface area contributed by atoms with Gasteiger partial charge in [0.1, 0.15) is 0 Å². The first-order valence-electron chi connectivity index (χ1n) is 8.31. The Morgan fingerprint density at radius 1 is 1.12 bits per heavy atom. The van der Waals surface area contributed by atoms with Gasteiger partial charge < -0.3 is 11.1 Å². The monoisotopic (exact) mass is 377 g/mol. The summed E-state index contributed by atoms with van der Waals surface area (Å²) in [6.07, 6.45) is 1.51. The van der Waals surface area contributed by atoms with Crippen LogP contribution >= 0.6 is 24.8 Å². The van der Waals surface area contributed by atoms with Crippen LogP contribution in [0.5, 0.6) is 0 Å². The lowest BCUT2D eigenvalue weighted by Crippen LogP contribution is -2.44. The lowest BCUT2D eigenvalue weighted by molar-refractivity contribution is -0.120. The molecule has 140 valence electrons. The van der Waals surface area contributed by atoms with Crippen molar-refractivity contribution in [2.45, 2.75) is 46.6 Å². The molecule has 0 fully saturated rings. The first-order valence-corrected chi connectivity index (χ1v) is 8.31. The summed E-state index contributed by atoms with van der Waals surface area (Å²) >= 11 is 0. The molecule has 4 nitrogen and oxygen atoms in total. The van der Waals surface area contributed by atoms with Crippen LogP contribution in [0.3, 0.4) is 0 Å². The molecule has 0 aliphatic heterocycles. The predicted octanol–water partition coefficient (Wildman–Crippen LogP) is 3.53. The van der Waals surface area contributed by atoms with Crippen LogP contribution in [0.15, 0.2) is 24.3 Å². The number of likely N-dealkylation sites (N-methyl/N-ethyl adjacent to an activating group) is 1. The Balaban J connectivity index is 0. The Labute approximate surface area is 159 Å². The highest BCUT2D eigenvalue weighted by Gasteiger charge is 2.18. The maximum Gasteiger partial charge on any atom is 0.224 e. The third-order valence-electron chi connectivity index (χ3n) is 3.95. The van der Waals surface area contributed by atoms with Crippen molar-refractivity contribution >= 4 is 36.4 Å². The molecule has 1 unspecified atom stereocenters. The number of nitrogen functional groups attached to an aromatic ring is 1. The van der Waals surface area contributed by atoms with E-state index in [1.807, 2.05) is 24.3 Å². The van der Waals surface area contributed by atoms with E-state index in [2.05, 4.69) is 37.9 Å². The van der Waals surface area contributed by atoms with E-state index < -0.39 is 0 Å². The van der Waals surface area contributed by atoms with Crippen LogP contribution < -0.4 is 11.1 Å². The van der Waals surface area contributed by atoms with Crippen LogP contribution in [0.4, 0.5) is 5.69 Å². The van der Waals surface area contributed by atoms with Gasteiger partial charge in [-0.2, -0.15) is 0 Å². The average Bonchev–Trinajstić information content (AvgIpc) is 2.47. The molecule has 3 N–H and O–H groups in total. The summed E-state index contributed by atoms with van der Waals surface area (Å²) in [5, 5.41) is 3.09. The zero-order valence-electron chi connectivity index (χ0n) is 15.2. The number of benzene rings is 1. The molecule has 0 aliphatic carbocycles. The van der Waals surface area contributed by atoms with Gasteiger partial charge in [0.05, 0.1) is 6.42 Å². The Morgan fingerprint density at radius 2 is 1.67 bits per heavy atom. The molecule has 0 bridgehead atoms. The fourth-order valence-corrected chi connectivity index (χ4v) is 2.76. The first-order chi connectivity index (χ1) is 10.5. The fraction of sp³-hybridized carbons (Fsp3) is 0.611. The SMILES string of the molecule is CCN(CC)C(CNC(=O)Cc1ccc(N)cc1)CC(C)C.Cl.Cl. The summed E-state index contributed by atoms with van der Waals surface area (Å²) < 4.78 is 0. The number of nitrogens with one attached hydrogen (secondary N) is 1. The normalized spacial score (nSPS) is 11.6. The summed E-state index contributed by atoms with van der Waals surface area (Å²) in [5.41, 5.74) is 7.38. The van der Waals surface area contributed by atoms with E-state index in [1.165, 1.54) is 0 Å². The minimum absolute atomic E-state index is 0. The summed E-state index contributed by atoms with van der Waals surface area (Å²) in [4.78, 5) is 14.5. The van der Waals surface area contributed by atoms with Crippen LogP contribution in [0.25, 0.3) is 0 Å².